The summed E-state index contributed by atoms with van der Waals surface area (Å²) in [6.45, 7) is 0. The molecule has 7 heteroatoms. The Morgan fingerprint density at radius 3 is 2.26 bits per heavy atom. The maximum Gasteiger partial charge on any atom is 1.00 e. The molecule has 0 amide bonds. The molecule has 0 saturated carbocycles. The number of benzene rings is 2. The Morgan fingerprint density at radius 1 is 1.05 bits per heavy atom. The summed E-state index contributed by atoms with van der Waals surface area (Å²) in [5.74, 6) is 0. The molecule has 0 saturated heterocycles. The van der Waals surface area contributed by atoms with Crippen molar-refractivity contribution in [2.24, 2.45) is 0 Å². The summed E-state index contributed by atoms with van der Waals surface area (Å²) >= 11 is 5.62. The van der Waals surface area contributed by atoms with Crippen molar-refractivity contribution in [3.8, 4) is 0 Å². The molecule has 2 aromatic rings. The summed E-state index contributed by atoms with van der Waals surface area (Å²) in [5, 5.41) is 0. The normalized spacial score (nSPS) is 10.8. The average Bonchev–Trinajstić information content (AvgIpc) is 2.32. The van der Waals surface area contributed by atoms with Crippen LogP contribution < -0.4 is 29.6 Å². The molecule has 3 nitrogen and oxygen atoms in total. The average molecular weight is 320 g/mol. The fraction of sp³-hybridized carbons (Fsp3) is 0. The number of hydrogen-bond donors (Lipinski definition) is 1. The Hall–Kier alpha value is 0.0500. The second-order valence-corrected chi connectivity index (χ2v) is 6.48. The van der Waals surface area contributed by atoms with Crippen molar-refractivity contribution in [3.05, 3.63) is 48.5 Å². The molecule has 0 spiro atoms. The largest absolute Gasteiger partial charge is 1.00 e. The molecule has 0 aromatic heterocycles. The first-order valence-electron chi connectivity index (χ1n) is 4.98. The summed E-state index contributed by atoms with van der Waals surface area (Å²) in [6.07, 6.45) is 0. The number of rotatable bonds is 3. The van der Waals surface area contributed by atoms with Crippen molar-refractivity contribution in [1.29, 1.82) is 0 Å². The van der Waals surface area contributed by atoms with Crippen molar-refractivity contribution in [2.75, 3.05) is 0 Å². The van der Waals surface area contributed by atoms with E-state index in [9.17, 15) is 13.0 Å². The maximum absolute atomic E-state index is 11.0. The second kappa shape index (κ2) is 7.17. The standard InChI is InChI=1S/C12H10O3S3.Na/c13-18(14,15)10-6-7-11(16)12(8-10)17-9-4-2-1-3-5-9;/h1-8,16H,(H,13,14,15);/q;+1/p-1. The van der Waals surface area contributed by atoms with Gasteiger partial charge in [-0.2, -0.15) is 0 Å². The van der Waals surface area contributed by atoms with E-state index in [1.54, 1.807) is 0 Å². The molecule has 0 aliphatic heterocycles. The quantitative estimate of drug-likeness (QED) is 0.493. The van der Waals surface area contributed by atoms with Gasteiger partial charge in [0.25, 0.3) is 0 Å². The van der Waals surface area contributed by atoms with Crippen LogP contribution in [0.1, 0.15) is 0 Å². The van der Waals surface area contributed by atoms with Crippen molar-refractivity contribution >= 4 is 34.5 Å². The fourth-order valence-electron chi connectivity index (χ4n) is 1.35. The molecule has 0 bridgehead atoms. The van der Waals surface area contributed by atoms with E-state index < -0.39 is 10.1 Å². The van der Waals surface area contributed by atoms with Gasteiger partial charge in [-0.25, -0.2) is 8.42 Å². The van der Waals surface area contributed by atoms with Crippen LogP contribution in [0.25, 0.3) is 0 Å². The number of thiol groups is 1. The zero-order chi connectivity index (χ0) is 13.2. The molecule has 19 heavy (non-hydrogen) atoms. The van der Waals surface area contributed by atoms with Gasteiger partial charge in [-0.05, 0) is 30.3 Å². The molecule has 0 radical (unpaired) electrons. The first-order chi connectivity index (χ1) is 8.47. The van der Waals surface area contributed by atoms with E-state index in [2.05, 4.69) is 12.6 Å². The third kappa shape index (κ3) is 4.82. The van der Waals surface area contributed by atoms with Crippen LogP contribution in [-0.2, 0) is 10.1 Å². The Kier molecular flexibility index (Phi) is 6.46. The SMILES string of the molecule is O=S(=O)([O-])c1ccc(S)c(Sc2ccccc2)c1.[Na+]. The minimum Gasteiger partial charge on any atom is -0.744 e. The zero-order valence-electron chi connectivity index (χ0n) is 10.1. The Balaban J connectivity index is 0.00000180. The van der Waals surface area contributed by atoms with Gasteiger partial charge >= 0.3 is 29.6 Å². The van der Waals surface area contributed by atoms with Crippen LogP contribution in [0.2, 0.25) is 0 Å². The molecule has 0 aliphatic carbocycles. The van der Waals surface area contributed by atoms with Gasteiger partial charge in [0.15, 0.2) is 0 Å². The Labute approximate surface area is 144 Å². The van der Waals surface area contributed by atoms with E-state index in [0.717, 1.165) is 4.90 Å². The molecule has 0 unspecified atom stereocenters. The van der Waals surface area contributed by atoms with Gasteiger partial charge in [-0.3, -0.25) is 0 Å². The van der Waals surface area contributed by atoms with E-state index in [0.29, 0.717) is 9.79 Å². The van der Waals surface area contributed by atoms with Crippen molar-refractivity contribution in [3.63, 3.8) is 0 Å². The van der Waals surface area contributed by atoms with Crippen LogP contribution in [0.4, 0.5) is 0 Å². The summed E-state index contributed by atoms with van der Waals surface area (Å²) in [7, 11) is -4.43. The maximum atomic E-state index is 11.0. The van der Waals surface area contributed by atoms with Crippen molar-refractivity contribution in [1.82, 2.24) is 0 Å². The van der Waals surface area contributed by atoms with Gasteiger partial charge < -0.3 is 4.55 Å². The molecule has 0 heterocycles. The first-order valence-corrected chi connectivity index (χ1v) is 7.66. The molecule has 0 fully saturated rings. The topological polar surface area (TPSA) is 57.2 Å². The van der Waals surface area contributed by atoms with E-state index in [1.165, 1.54) is 30.0 Å². The second-order valence-electron chi connectivity index (χ2n) is 3.50. The predicted molar refractivity (Wildman–Crippen MR) is 72.2 cm³/mol. The molecule has 94 valence electrons. The summed E-state index contributed by atoms with van der Waals surface area (Å²) in [6, 6.07) is 13.6. The summed E-state index contributed by atoms with van der Waals surface area (Å²) in [5.41, 5.74) is 0. The molecule has 0 N–H and O–H groups in total. The summed E-state index contributed by atoms with van der Waals surface area (Å²) < 4.78 is 32.9. The van der Waals surface area contributed by atoms with Crippen molar-refractivity contribution < 1.29 is 42.5 Å². The van der Waals surface area contributed by atoms with E-state index in [-0.39, 0.29) is 34.5 Å². The molecule has 0 aliphatic rings. The van der Waals surface area contributed by atoms with Gasteiger partial charge in [0.05, 0.1) is 4.90 Å². The van der Waals surface area contributed by atoms with Gasteiger partial charge in [-0.15, -0.1) is 12.6 Å². The van der Waals surface area contributed by atoms with Gasteiger partial charge in [0.2, 0.25) is 0 Å². The van der Waals surface area contributed by atoms with Crippen LogP contribution in [0.3, 0.4) is 0 Å². The Bertz CT molecular complexity index is 657. The molecular weight excluding hydrogens is 311 g/mol. The first kappa shape index (κ1) is 17.1. The van der Waals surface area contributed by atoms with E-state index in [4.69, 9.17) is 0 Å². The molecule has 2 rings (SSSR count). The zero-order valence-corrected chi connectivity index (χ0v) is 14.6. The fourth-order valence-corrected chi connectivity index (χ4v) is 3.10. The van der Waals surface area contributed by atoms with Crippen LogP contribution in [0.5, 0.6) is 0 Å². The third-order valence-electron chi connectivity index (χ3n) is 2.19. The monoisotopic (exact) mass is 320 g/mol. The van der Waals surface area contributed by atoms with Gasteiger partial charge in [0.1, 0.15) is 10.1 Å². The van der Waals surface area contributed by atoms with Crippen molar-refractivity contribution in [2.45, 2.75) is 19.6 Å². The van der Waals surface area contributed by atoms with Crippen LogP contribution in [-0.4, -0.2) is 13.0 Å². The molecular formula is C12H9NaO3S3. The van der Waals surface area contributed by atoms with Crippen LogP contribution in [0, 0.1) is 0 Å². The number of hydrogen-bond acceptors (Lipinski definition) is 5. The third-order valence-corrected chi connectivity index (χ3v) is 4.63. The van der Waals surface area contributed by atoms with E-state index >= 15 is 0 Å². The predicted octanol–water partition coefficient (Wildman–Crippen LogP) is 0.0346. The smallest absolute Gasteiger partial charge is 0.744 e. The van der Waals surface area contributed by atoms with Gasteiger partial charge in [0, 0.05) is 14.7 Å². The molecule has 0 atom stereocenters. The van der Waals surface area contributed by atoms with Crippen LogP contribution in [0.15, 0.2) is 68.1 Å². The Morgan fingerprint density at radius 2 is 1.68 bits per heavy atom. The summed E-state index contributed by atoms with van der Waals surface area (Å²) in [4.78, 5) is 1.99. The minimum absolute atomic E-state index is 0. The van der Waals surface area contributed by atoms with Gasteiger partial charge in [-0.1, -0.05) is 30.0 Å². The molecule has 2 aromatic carbocycles. The minimum atomic E-state index is -4.43. The van der Waals surface area contributed by atoms with E-state index in [1.807, 2.05) is 30.3 Å². The van der Waals surface area contributed by atoms with Crippen LogP contribution >= 0.6 is 24.4 Å².